The average Bonchev–Trinajstić information content (AvgIpc) is 2.15. The lowest BCUT2D eigenvalue weighted by Crippen LogP contribution is -2.09. The molecule has 0 atom stereocenters. The minimum absolute atomic E-state index is 0.574. The van der Waals surface area contributed by atoms with E-state index >= 15 is 0 Å². The highest BCUT2D eigenvalue weighted by Crippen LogP contribution is 2.18. The van der Waals surface area contributed by atoms with Crippen LogP contribution in [0.25, 0.3) is 10.8 Å². The maximum atomic E-state index is 11.0. The highest BCUT2D eigenvalue weighted by molar-refractivity contribution is 7.92. The van der Waals surface area contributed by atoms with Crippen LogP contribution in [0.2, 0.25) is 0 Å². The van der Waals surface area contributed by atoms with Crippen molar-refractivity contribution in [1.82, 2.24) is 0 Å². The lowest BCUT2D eigenvalue weighted by molar-refractivity contribution is 0.607. The fourth-order valence-corrected chi connectivity index (χ4v) is 1.95. The van der Waals surface area contributed by atoms with E-state index in [2.05, 4.69) is 10.8 Å². The Morgan fingerprint density at radius 1 is 1.27 bits per heavy atom. The molecule has 0 unspecified atom stereocenters. The van der Waals surface area contributed by atoms with Gasteiger partial charge in [-0.25, -0.2) is 8.42 Å². The molecule has 0 fully saturated rings. The van der Waals surface area contributed by atoms with E-state index in [-0.39, 0.29) is 0 Å². The fourth-order valence-electron chi connectivity index (χ4n) is 1.40. The van der Waals surface area contributed by atoms with Gasteiger partial charge in [0.05, 0.1) is 6.26 Å². The highest BCUT2D eigenvalue weighted by atomic mass is 32.2. The predicted octanol–water partition coefficient (Wildman–Crippen LogP) is 2.01. The Morgan fingerprint density at radius 2 is 2.07 bits per heavy atom. The Bertz CT molecular complexity index is 590. The zero-order valence-corrected chi connectivity index (χ0v) is 9.01. The van der Waals surface area contributed by atoms with Crippen LogP contribution in [0.5, 0.6) is 0 Å². The molecule has 0 saturated heterocycles. The van der Waals surface area contributed by atoms with Crippen molar-refractivity contribution in [1.29, 1.82) is 0 Å². The second kappa shape index (κ2) is 3.55. The van der Waals surface area contributed by atoms with Crippen LogP contribution in [-0.4, -0.2) is 14.7 Å². The molecule has 3 nitrogen and oxygen atoms in total. The molecule has 77 valence electrons. The number of nitrogens with one attached hydrogen (secondary N) is 1. The molecule has 0 aliphatic carbocycles. The van der Waals surface area contributed by atoms with Crippen LogP contribution in [0, 0.1) is 6.07 Å². The molecule has 0 aliphatic rings. The van der Waals surface area contributed by atoms with Gasteiger partial charge in [0.1, 0.15) is 0 Å². The molecular weight excluding hydrogens is 210 g/mol. The van der Waals surface area contributed by atoms with Gasteiger partial charge in [-0.1, -0.05) is 24.3 Å². The largest absolute Gasteiger partial charge is 0.284 e. The molecule has 4 heteroatoms. The number of benzene rings is 2. The summed E-state index contributed by atoms with van der Waals surface area (Å²) >= 11 is 0. The topological polar surface area (TPSA) is 46.2 Å². The lowest BCUT2D eigenvalue weighted by atomic mass is 10.1. The molecule has 0 bridgehead atoms. The van der Waals surface area contributed by atoms with Crippen LogP contribution in [0.15, 0.2) is 36.4 Å². The third-order valence-corrected chi connectivity index (χ3v) is 2.57. The molecule has 0 aromatic heterocycles. The summed E-state index contributed by atoms with van der Waals surface area (Å²) in [6.07, 6.45) is 1.13. The normalized spacial score (nSPS) is 11.5. The number of sulfonamides is 1. The van der Waals surface area contributed by atoms with E-state index in [9.17, 15) is 8.42 Å². The van der Waals surface area contributed by atoms with E-state index < -0.39 is 10.0 Å². The molecule has 0 amide bonds. The van der Waals surface area contributed by atoms with Gasteiger partial charge in [0.15, 0.2) is 0 Å². The Hall–Kier alpha value is -1.55. The molecule has 2 aromatic rings. The van der Waals surface area contributed by atoms with Crippen molar-refractivity contribution in [3.05, 3.63) is 42.5 Å². The molecule has 0 saturated carbocycles. The minimum Gasteiger partial charge on any atom is -0.284 e. The van der Waals surface area contributed by atoms with Gasteiger partial charge < -0.3 is 0 Å². The van der Waals surface area contributed by atoms with Crippen molar-refractivity contribution in [2.45, 2.75) is 0 Å². The van der Waals surface area contributed by atoms with E-state index in [1.165, 1.54) is 0 Å². The molecule has 1 radical (unpaired) electrons. The van der Waals surface area contributed by atoms with E-state index in [0.29, 0.717) is 5.69 Å². The van der Waals surface area contributed by atoms with Gasteiger partial charge >= 0.3 is 0 Å². The van der Waals surface area contributed by atoms with Crippen molar-refractivity contribution in [2.75, 3.05) is 11.0 Å². The molecule has 0 heterocycles. The van der Waals surface area contributed by atoms with Gasteiger partial charge in [0.25, 0.3) is 0 Å². The Balaban J connectivity index is 2.48. The third kappa shape index (κ3) is 2.47. The first-order valence-corrected chi connectivity index (χ1v) is 6.32. The quantitative estimate of drug-likeness (QED) is 0.841. The summed E-state index contributed by atoms with van der Waals surface area (Å²) in [5, 5.41) is 1.93. The minimum atomic E-state index is -3.21. The van der Waals surface area contributed by atoms with Crippen LogP contribution in [-0.2, 0) is 10.0 Å². The summed E-state index contributed by atoms with van der Waals surface area (Å²) < 4.78 is 24.5. The lowest BCUT2D eigenvalue weighted by Gasteiger charge is -2.04. The third-order valence-electron chi connectivity index (χ3n) is 1.97. The van der Waals surface area contributed by atoms with E-state index in [0.717, 1.165) is 17.0 Å². The van der Waals surface area contributed by atoms with Crippen molar-refractivity contribution in [3.8, 4) is 0 Å². The first-order chi connectivity index (χ1) is 7.04. The number of anilines is 1. The second-order valence-electron chi connectivity index (χ2n) is 3.35. The summed E-state index contributed by atoms with van der Waals surface area (Å²) in [6, 6.07) is 14.0. The SMILES string of the molecule is CS(=O)(=O)Nc1ccc2[c]cccc2c1. The predicted molar refractivity (Wildman–Crippen MR) is 61.3 cm³/mol. The maximum Gasteiger partial charge on any atom is 0.229 e. The Morgan fingerprint density at radius 3 is 2.80 bits per heavy atom. The van der Waals surface area contributed by atoms with E-state index in [1.54, 1.807) is 12.1 Å². The number of rotatable bonds is 2. The zero-order valence-electron chi connectivity index (χ0n) is 8.19. The standard InChI is InChI=1S/C11H10NO2S/c1-15(13,14)12-11-7-6-9-4-2-3-5-10(9)8-11/h2-3,5-8,12H,1H3. The number of hydrogen-bond acceptors (Lipinski definition) is 2. The summed E-state index contributed by atoms with van der Waals surface area (Å²) in [5.41, 5.74) is 0.574. The summed E-state index contributed by atoms with van der Waals surface area (Å²) in [7, 11) is -3.21. The van der Waals surface area contributed by atoms with Crippen LogP contribution in [0.1, 0.15) is 0 Å². The van der Waals surface area contributed by atoms with Gasteiger partial charge in [-0.2, -0.15) is 0 Å². The van der Waals surface area contributed by atoms with Crippen molar-refractivity contribution >= 4 is 26.5 Å². The monoisotopic (exact) mass is 220 g/mol. The summed E-state index contributed by atoms with van der Waals surface area (Å²) in [4.78, 5) is 0. The number of hydrogen-bond donors (Lipinski definition) is 1. The first-order valence-electron chi connectivity index (χ1n) is 4.43. The van der Waals surface area contributed by atoms with Gasteiger partial charge in [-0.15, -0.1) is 0 Å². The van der Waals surface area contributed by atoms with Crippen molar-refractivity contribution < 1.29 is 8.42 Å². The molecule has 2 rings (SSSR count). The molecule has 0 spiro atoms. The summed E-state index contributed by atoms with van der Waals surface area (Å²) in [6.45, 7) is 0. The van der Waals surface area contributed by atoms with Crippen LogP contribution in [0.3, 0.4) is 0 Å². The fraction of sp³-hybridized carbons (Fsp3) is 0.0909. The van der Waals surface area contributed by atoms with Gasteiger partial charge in [-0.3, -0.25) is 4.72 Å². The first kappa shape index (κ1) is 9.98. The van der Waals surface area contributed by atoms with Crippen LogP contribution < -0.4 is 4.72 Å². The van der Waals surface area contributed by atoms with Crippen molar-refractivity contribution in [3.63, 3.8) is 0 Å². The van der Waals surface area contributed by atoms with E-state index in [1.807, 2.05) is 24.3 Å². The molecule has 0 aliphatic heterocycles. The van der Waals surface area contributed by atoms with Gasteiger partial charge in [-0.05, 0) is 29.0 Å². The smallest absolute Gasteiger partial charge is 0.229 e. The Kier molecular flexibility index (Phi) is 2.36. The molecular formula is C11H10NO2S. The number of fused-ring (bicyclic) bond motifs is 1. The zero-order chi connectivity index (χ0) is 10.9. The average molecular weight is 220 g/mol. The summed E-state index contributed by atoms with van der Waals surface area (Å²) in [5.74, 6) is 0. The maximum absolute atomic E-state index is 11.0. The molecule has 1 N–H and O–H groups in total. The van der Waals surface area contributed by atoms with Crippen molar-refractivity contribution in [2.24, 2.45) is 0 Å². The molecule has 2 aromatic carbocycles. The highest BCUT2D eigenvalue weighted by Gasteiger charge is 2.01. The van der Waals surface area contributed by atoms with Crippen LogP contribution >= 0.6 is 0 Å². The van der Waals surface area contributed by atoms with Crippen LogP contribution in [0.4, 0.5) is 5.69 Å². The van der Waals surface area contributed by atoms with Gasteiger partial charge in [0, 0.05) is 5.69 Å². The Labute approximate surface area is 88.8 Å². The second-order valence-corrected chi connectivity index (χ2v) is 5.09. The molecule has 15 heavy (non-hydrogen) atoms. The van der Waals surface area contributed by atoms with E-state index in [4.69, 9.17) is 0 Å². The van der Waals surface area contributed by atoms with Gasteiger partial charge in [0.2, 0.25) is 10.0 Å².